The SMILES string of the molecule is O=C(CSc1nc2ccccc2c(=O)n1-c1ccccc1Cl)c1ccc(N2CCCC2=O)cc1. The van der Waals surface area contributed by atoms with Crippen LogP contribution < -0.4 is 10.5 Å². The van der Waals surface area contributed by atoms with Gasteiger partial charge in [-0.15, -0.1) is 0 Å². The average Bonchev–Trinajstić information content (AvgIpc) is 3.29. The molecule has 3 aromatic carbocycles. The van der Waals surface area contributed by atoms with E-state index in [2.05, 4.69) is 4.98 Å². The van der Waals surface area contributed by atoms with Gasteiger partial charge in [-0.3, -0.25) is 19.0 Å². The highest BCUT2D eigenvalue weighted by atomic mass is 35.5. The molecule has 0 atom stereocenters. The first-order chi connectivity index (χ1) is 16.5. The number of anilines is 1. The number of hydrogen-bond donors (Lipinski definition) is 0. The van der Waals surface area contributed by atoms with E-state index in [1.165, 1.54) is 16.3 Å². The van der Waals surface area contributed by atoms with Crippen molar-refractivity contribution >= 4 is 51.6 Å². The van der Waals surface area contributed by atoms with Gasteiger partial charge in [0.2, 0.25) is 5.91 Å². The number of carbonyl (C=O) groups is 2. The molecule has 1 aliphatic rings. The van der Waals surface area contributed by atoms with Crippen LogP contribution in [0, 0.1) is 0 Å². The molecule has 4 aromatic rings. The number of para-hydroxylation sites is 2. The van der Waals surface area contributed by atoms with E-state index in [0.717, 1.165) is 12.1 Å². The molecule has 8 heteroatoms. The third kappa shape index (κ3) is 4.24. The molecule has 1 amide bonds. The van der Waals surface area contributed by atoms with Crippen molar-refractivity contribution in [2.75, 3.05) is 17.2 Å². The lowest BCUT2D eigenvalue weighted by Crippen LogP contribution is -2.23. The van der Waals surface area contributed by atoms with Crippen LogP contribution in [0.5, 0.6) is 0 Å². The van der Waals surface area contributed by atoms with Crippen molar-refractivity contribution in [3.8, 4) is 5.69 Å². The number of ketones is 1. The van der Waals surface area contributed by atoms with Crippen LogP contribution in [-0.4, -0.2) is 33.5 Å². The van der Waals surface area contributed by atoms with Gasteiger partial charge in [0.25, 0.3) is 5.56 Å². The Bertz CT molecular complexity index is 1470. The molecule has 0 unspecified atom stereocenters. The Kier molecular flexibility index (Phi) is 6.22. The van der Waals surface area contributed by atoms with Crippen molar-refractivity contribution in [3.05, 3.63) is 93.7 Å². The summed E-state index contributed by atoms with van der Waals surface area (Å²) in [6, 6.07) is 21.2. The van der Waals surface area contributed by atoms with Gasteiger partial charge in [-0.1, -0.05) is 47.6 Å². The lowest BCUT2D eigenvalue weighted by atomic mass is 10.1. The second-order valence-electron chi connectivity index (χ2n) is 7.91. The summed E-state index contributed by atoms with van der Waals surface area (Å²) in [5.41, 5.74) is 2.17. The fourth-order valence-electron chi connectivity index (χ4n) is 4.02. The molecule has 1 aromatic heterocycles. The van der Waals surface area contributed by atoms with Crippen LogP contribution in [0.2, 0.25) is 5.02 Å². The van der Waals surface area contributed by atoms with Crippen LogP contribution in [0.4, 0.5) is 5.69 Å². The van der Waals surface area contributed by atoms with Gasteiger partial charge in [0, 0.05) is 24.2 Å². The molecule has 0 aliphatic carbocycles. The lowest BCUT2D eigenvalue weighted by Gasteiger charge is -2.16. The number of hydrogen-bond acceptors (Lipinski definition) is 5. The molecule has 170 valence electrons. The van der Waals surface area contributed by atoms with Gasteiger partial charge in [0.1, 0.15) is 0 Å². The fraction of sp³-hybridized carbons (Fsp3) is 0.154. The van der Waals surface area contributed by atoms with Gasteiger partial charge in [-0.05, 0) is 55.0 Å². The minimum absolute atomic E-state index is 0.0945. The highest BCUT2D eigenvalue weighted by molar-refractivity contribution is 7.99. The number of rotatable bonds is 6. The maximum Gasteiger partial charge on any atom is 0.266 e. The highest BCUT2D eigenvalue weighted by Crippen LogP contribution is 2.27. The zero-order valence-electron chi connectivity index (χ0n) is 18.1. The predicted octanol–water partition coefficient (Wildman–Crippen LogP) is 5.14. The van der Waals surface area contributed by atoms with E-state index in [1.807, 2.05) is 6.07 Å². The van der Waals surface area contributed by atoms with Gasteiger partial charge in [-0.25, -0.2) is 4.98 Å². The van der Waals surface area contributed by atoms with Crippen molar-refractivity contribution in [1.82, 2.24) is 9.55 Å². The van der Waals surface area contributed by atoms with E-state index in [-0.39, 0.29) is 23.0 Å². The first-order valence-corrected chi connectivity index (χ1v) is 12.2. The van der Waals surface area contributed by atoms with Crippen molar-refractivity contribution < 1.29 is 9.59 Å². The van der Waals surface area contributed by atoms with Crippen LogP contribution >= 0.6 is 23.4 Å². The van der Waals surface area contributed by atoms with Gasteiger partial charge >= 0.3 is 0 Å². The second-order valence-corrected chi connectivity index (χ2v) is 9.26. The van der Waals surface area contributed by atoms with E-state index in [0.29, 0.717) is 45.3 Å². The van der Waals surface area contributed by atoms with Gasteiger partial charge in [0.15, 0.2) is 10.9 Å². The number of Topliss-reactive ketones (excluding diaryl/α,β-unsaturated/α-hetero) is 1. The number of thioether (sulfide) groups is 1. The summed E-state index contributed by atoms with van der Waals surface area (Å²) in [7, 11) is 0. The molecule has 0 radical (unpaired) electrons. The molecule has 1 aliphatic heterocycles. The summed E-state index contributed by atoms with van der Waals surface area (Å²) in [6.45, 7) is 0.704. The minimum Gasteiger partial charge on any atom is -0.312 e. The number of benzene rings is 3. The summed E-state index contributed by atoms with van der Waals surface area (Å²) >= 11 is 7.59. The third-order valence-corrected chi connectivity index (χ3v) is 7.00. The van der Waals surface area contributed by atoms with Crippen LogP contribution in [0.3, 0.4) is 0 Å². The number of nitrogens with zero attached hydrogens (tertiary/aromatic N) is 3. The molecule has 1 fully saturated rings. The van der Waals surface area contributed by atoms with Gasteiger partial charge in [-0.2, -0.15) is 0 Å². The second kappa shape index (κ2) is 9.44. The number of fused-ring (bicyclic) bond motifs is 1. The number of aromatic nitrogens is 2. The minimum atomic E-state index is -0.242. The molecule has 34 heavy (non-hydrogen) atoms. The molecule has 0 N–H and O–H groups in total. The molecule has 1 saturated heterocycles. The third-order valence-electron chi connectivity index (χ3n) is 5.75. The molecule has 0 spiro atoms. The van der Waals surface area contributed by atoms with E-state index in [1.54, 1.807) is 71.6 Å². The first kappa shape index (κ1) is 22.4. The molecular weight excluding hydrogens is 470 g/mol. The predicted molar refractivity (Wildman–Crippen MR) is 135 cm³/mol. The first-order valence-electron chi connectivity index (χ1n) is 10.9. The summed E-state index contributed by atoms with van der Waals surface area (Å²) in [6.07, 6.45) is 1.41. The Hall–Kier alpha value is -3.42. The van der Waals surface area contributed by atoms with Crippen molar-refractivity contribution in [2.24, 2.45) is 0 Å². The standard InChI is InChI=1S/C26H20ClN3O3S/c27-20-7-2-4-9-22(20)30-25(33)19-6-1-3-8-21(19)28-26(30)34-16-23(31)17-11-13-18(14-12-17)29-15-5-10-24(29)32/h1-4,6-9,11-14H,5,10,15-16H2. The van der Waals surface area contributed by atoms with E-state index >= 15 is 0 Å². The molecular formula is C26H20ClN3O3S. The van der Waals surface area contributed by atoms with Crippen molar-refractivity contribution in [2.45, 2.75) is 18.0 Å². The molecule has 6 nitrogen and oxygen atoms in total. The van der Waals surface area contributed by atoms with Crippen LogP contribution in [0.25, 0.3) is 16.6 Å². The van der Waals surface area contributed by atoms with Crippen LogP contribution in [0.1, 0.15) is 23.2 Å². The van der Waals surface area contributed by atoms with Crippen molar-refractivity contribution in [3.63, 3.8) is 0 Å². The van der Waals surface area contributed by atoms with Crippen LogP contribution in [0.15, 0.2) is 82.7 Å². The summed E-state index contributed by atoms with van der Waals surface area (Å²) in [4.78, 5) is 44.6. The van der Waals surface area contributed by atoms with Crippen LogP contribution in [-0.2, 0) is 4.79 Å². The lowest BCUT2D eigenvalue weighted by molar-refractivity contribution is -0.117. The Balaban J connectivity index is 1.44. The Morgan fingerprint density at radius 1 is 0.971 bits per heavy atom. The normalized spacial score (nSPS) is 13.6. The maximum atomic E-state index is 13.3. The maximum absolute atomic E-state index is 13.3. The number of carbonyl (C=O) groups excluding carboxylic acids is 2. The van der Waals surface area contributed by atoms with E-state index < -0.39 is 0 Å². The van der Waals surface area contributed by atoms with E-state index in [4.69, 9.17) is 11.6 Å². The quantitative estimate of drug-likeness (QED) is 0.213. The molecule has 2 heterocycles. The summed E-state index contributed by atoms with van der Waals surface area (Å²) in [5, 5.41) is 1.29. The number of amides is 1. The highest BCUT2D eigenvalue weighted by Gasteiger charge is 2.22. The molecule has 5 rings (SSSR count). The topological polar surface area (TPSA) is 72.3 Å². The Morgan fingerprint density at radius 2 is 1.71 bits per heavy atom. The summed E-state index contributed by atoms with van der Waals surface area (Å²) < 4.78 is 1.46. The van der Waals surface area contributed by atoms with Gasteiger partial charge in [0.05, 0.1) is 27.4 Å². The summed E-state index contributed by atoms with van der Waals surface area (Å²) in [5.74, 6) is 0.101. The smallest absolute Gasteiger partial charge is 0.266 e. The van der Waals surface area contributed by atoms with E-state index in [9.17, 15) is 14.4 Å². The number of halogens is 1. The largest absolute Gasteiger partial charge is 0.312 e. The monoisotopic (exact) mass is 489 g/mol. The zero-order chi connectivity index (χ0) is 23.7. The zero-order valence-corrected chi connectivity index (χ0v) is 19.7. The van der Waals surface area contributed by atoms with Crippen molar-refractivity contribution in [1.29, 1.82) is 0 Å². The molecule has 0 saturated carbocycles. The van der Waals surface area contributed by atoms with Gasteiger partial charge < -0.3 is 4.90 Å². The fourth-order valence-corrected chi connectivity index (χ4v) is 5.14. The Morgan fingerprint density at radius 3 is 2.44 bits per heavy atom. The average molecular weight is 490 g/mol. The molecule has 0 bridgehead atoms. The Labute approximate surface area is 205 Å².